The molecule has 9 heteroatoms. The maximum atomic E-state index is 14.6. The summed E-state index contributed by atoms with van der Waals surface area (Å²) in [4.78, 5) is 19.3. The molecule has 0 atom stereocenters. The third kappa shape index (κ3) is 4.41. The Kier molecular flexibility index (Phi) is 6.08. The monoisotopic (exact) mass is 425 g/mol. The minimum absolute atomic E-state index is 0.00461. The zero-order chi connectivity index (χ0) is 20.5. The average Bonchev–Trinajstić information content (AvgIpc) is 2.67. The second-order valence-electron chi connectivity index (χ2n) is 7.87. The molecule has 1 aromatic carbocycles. The van der Waals surface area contributed by atoms with Crippen LogP contribution in [0.5, 0.6) is 0 Å². The molecule has 0 spiro atoms. The maximum absolute atomic E-state index is 14.6. The number of aliphatic hydroxyl groups excluding tert-OH is 1. The lowest BCUT2D eigenvalue weighted by Gasteiger charge is -2.35. The van der Waals surface area contributed by atoms with E-state index in [1.165, 1.54) is 6.07 Å². The Hall–Kier alpha value is -1.71. The van der Waals surface area contributed by atoms with Crippen LogP contribution in [0.15, 0.2) is 10.9 Å². The van der Waals surface area contributed by atoms with Crippen molar-refractivity contribution in [2.45, 2.75) is 67.8 Å². The molecule has 29 heavy (non-hydrogen) atoms. The molecule has 0 aliphatic heterocycles. The van der Waals surface area contributed by atoms with Gasteiger partial charge < -0.3 is 20.1 Å². The topological polar surface area (TPSA) is 87.2 Å². The minimum Gasteiger partial charge on any atom is -0.393 e. The number of hydrogen-bond donors (Lipinski definition) is 3. The fourth-order valence-electron chi connectivity index (χ4n) is 3.96. The molecule has 0 saturated heterocycles. The molecule has 2 aromatic rings. The summed E-state index contributed by atoms with van der Waals surface area (Å²) in [5.41, 5.74) is -0.504. The van der Waals surface area contributed by atoms with E-state index in [0.29, 0.717) is 16.8 Å². The molecule has 0 radical (unpaired) electrons. The first-order valence-electron chi connectivity index (χ1n) is 9.94. The predicted molar refractivity (Wildman–Crippen MR) is 109 cm³/mol. The Labute approximate surface area is 171 Å². The molecule has 2 fully saturated rings. The summed E-state index contributed by atoms with van der Waals surface area (Å²) < 4.78 is 34.2. The quantitative estimate of drug-likeness (QED) is 0.658. The number of benzene rings is 1. The Bertz CT molecular complexity index is 941. The van der Waals surface area contributed by atoms with E-state index in [4.69, 9.17) is 4.74 Å². The number of anilines is 1. The fourth-order valence-corrected chi connectivity index (χ4v) is 5.10. The van der Waals surface area contributed by atoms with Crippen molar-refractivity contribution in [2.75, 3.05) is 12.4 Å². The lowest BCUT2D eigenvalue weighted by molar-refractivity contribution is 0.0328. The lowest BCUT2D eigenvalue weighted by atomic mass is 9.89. The second kappa shape index (κ2) is 8.57. The van der Waals surface area contributed by atoms with Gasteiger partial charge in [-0.05, 0) is 44.6 Å². The SMILES string of the molecule is COC1CC(Nc2cc3nc(CSC4CCC(O)CC4)[nH]c(=O)c3c(F)c2F)C1. The van der Waals surface area contributed by atoms with E-state index in [9.17, 15) is 18.7 Å². The van der Waals surface area contributed by atoms with Crippen molar-refractivity contribution < 1.29 is 18.6 Å². The smallest absolute Gasteiger partial charge is 0.261 e. The largest absolute Gasteiger partial charge is 0.393 e. The van der Waals surface area contributed by atoms with Gasteiger partial charge in [-0.25, -0.2) is 13.8 Å². The number of methoxy groups -OCH3 is 1. The molecule has 0 unspecified atom stereocenters. The first-order chi connectivity index (χ1) is 13.9. The van der Waals surface area contributed by atoms with Crippen LogP contribution in [-0.4, -0.2) is 45.7 Å². The van der Waals surface area contributed by atoms with E-state index in [2.05, 4.69) is 15.3 Å². The molecule has 2 aliphatic carbocycles. The van der Waals surface area contributed by atoms with Gasteiger partial charge in [-0.2, -0.15) is 11.8 Å². The number of thioether (sulfide) groups is 1. The van der Waals surface area contributed by atoms with E-state index in [1.54, 1.807) is 18.9 Å². The molecule has 6 nitrogen and oxygen atoms in total. The van der Waals surface area contributed by atoms with Crippen LogP contribution in [0.25, 0.3) is 10.9 Å². The zero-order valence-electron chi connectivity index (χ0n) is 16.2. The molecule has 3 N–H and O–H groups in total. The molecule has 158 valence electrons. The van der Waals surface area contributed by atoms with Crippen LogP contribution in [0.3, 0.4) is 0 Å². The van der Waals surface area contributed by atoms with Crippen molar-refractivity contribution in [1.29, 1.82) is 0 Å². The number of rotatable bonds is 6. The van der Waals surface area contributed by atoms with Gasteiger partial charge in [0, 0.05) is 18.4 Å². The Morgan fingerprint density at radius 2 is 2.00 bits per heavy atom. The first kappa shape index (κ1) is 20.6. The van der Waals surface area contributed by atoms with Gasteiger partial charge in [0.05, 0.1) is 29.2 Å². The highest BCUT2D eigenvalue weighted by atomic mass is 32.2. The Balaban J connectivity index is 1.53. The van der Waals surface area contributed by atoms with Crippen LogP contribution in [0.4, 0.5) is 14.5 Å². The summed E-state index contributed by atoms with van der Waals surface area (Å²) in [7, 11) is 1.63. The van der Waals surface area contributed by atoms with E-state index in [-0.39, 0.29) is 34.8 Å². The number of nitrogens with zero attached hydrogens (tertiary/aromatic N) is 1. The molecular weight excluding hydrogens is 400 g/mol. The fraction of sp³-hybridized carbons (Fsp3) is 0.600. The molecule has 4 rings (SSSR count). The van der Waals surface area contributed by atoms with Crippen LogP contribution in [0.2, 0.25) is 0 Å². The summed E-state index contributed by atoms with van der Waals surface area (Å²) in [6, 6.07) is 1.42. The lowest BCUT2D eigenvalue weighted by Crippen LogP contribution is -2.40. The highest BCUT2D eigenvalue weighted by Gasteiger charge is 2.30. The number of aromatic nitrogens is 2. The Morgan fingerprint density at radius 3 is 2.69 bits per heavy atom. The number of hydrogen-bond acceptors (Lipinski definition) is 6. The van der Waals surface area contributed by atoms with Gasteiger partial charge in [0.25, 0.3) is 5.56 Å². The highest BCUT2D eigenvalue weighted by molar-refractivity contribution is 7.99. The molecule has 2 saturated carbocycles. The van der Waals surface area contributed by atoms with Crippen molar-refractivity contribution >= 4 is 28.4 Å². The summed E-state index contributed by atoms with van der Waals surface area (Å²) >= 11 is 1.67. The van der Waals surface area contributed by atoms with Crippen molar-refractivity contribution in [2.24, 2.45) is 0 Å². The zero-order valence-corrected chi connectivity index (χ0v) is 17.0. The van der Waals surface area contributed by atoms with Gasteiger partial charge in [0.15, 0.2) is 11.6 Å². The van der Waals surface area contributed by atoms with Crippen LogP contribution < -0.4 is 10.9 Å². The minimum atomic E-state index is -1.18. The first-order valence-corrected chi connectivity index (χ1v) is 11.0. The van der Waals surface area contributed by atoms with E-state index < -0.39 is 17.2 Å². The third-order valence-electron chi connectivity index (χ3n) is 5.81. The van der Waals surface area contributed by atoms with Crippen molar-refractivity contribution in [3.8, 4) is 0 Å². The summed E-state index contributed by atoms with van der Waals surface area (Å²) in [5, 5.41) is 12.6. The number of nitrogens with one attached hydrogen (secondary N) is 2. The van der Waals surface area contributed by atoms with Crippen LogP contribution in [-0.2, 0) is 10.5 Å². The average molecular weight is 426 g/mol. The molecule has 1 aromatic heterocycles. The number of fused-ring (bicyclic) bond motifs is 1. The summed E-state index contributed by atoms with van der Waals surface area (Å²) in [6.07, 6.45) is 4.75. The van der Waals surface area contributed by atoms with Gasteiger partial charge in [0.2, 0.25) is 0 Å². The molecule has 0 amide bonds. The van der Waals surface area contributed by atoms with Gasteiger partial charge in [0.1, 0.15) is 11.2 Å². The molecule has 2 aliphatic rings. The summed E-state index contributed by atoms with van der Waals surface area (Å²) in [5.74, 6) is -1.32. The van der Waals surface area contributed by atoms with Crippen LogP contribution >= 0.6 is 11.8 Å². The van der Waals surface area contributed by atoms with Gasteiger partial charge in [-0.15, -0.1) is 0 Å². The summed E-state index contributed by atoms with van der Waals surface area (Å²) in [6.45, 7) is 0. The van der Waals surface area contributed by atoms with Gasteiger partial charge in [-0.1, -0.05) is 0 Å². The van der Waals surface area contributed by atoms with E-state index in [1.807, 2.05) is 0 Å². The normalized spacial score (nSPS) is 27.0. The number of ether oxygens (including phenoxy) is 1. The third-order valence-corrected chi connectivity index (χ3v) is 7.20. The van der Waals surface area contributed by atoms with E-state index in [0.717, 1.165) is 38.5 Å². The van der Waals surface area contributed by atoms with Crippen molar-refractivity contribution in [1.82, 2.24) is 9.97 Å². The predicted octanol–water partition coefficient (Wildman–Crippen LogP) is 3.33. The number of halogens is 2. The van der Waals surface area contributed by atoms with Crippen LogP contribution in [0, 0.1) is 11.6 Å². The van der Waals surface area contributed by atoms with Gasteiger partial charge >= 0.3 is 0 Å². The highest BCUT2D eigenvalue weighted by Crippen LogP contribution is 2.32. The molecular formula is C20H25F2N3O3S. The number of aliphatic hydroxyl groups is 1. The number of H-pyrrole nitrogens is 1. The van der Waals surface area contributed by atoms with Gasteiger partial charge in [-0.3, -0.25) is 4.79 Å². The maximum Gasteiger partial charge on any atom is 0.261 e. The van der Waals surface area contributed by atoms with Crippen LogP contribution in [0.1, 0.15) is 44.3 Å². The molecule has 0 bridgehead atoms. The van der Waals surface area contributed by atoms with E-state index >= 15 is 0 Å². The second-order valence-corrected chi connectivity index (χ2v) is 9.16. The van der Waals surface area contributed by atoms with Crippen molar-refractivity contribution in [3.05, 3.63) is 33.9 Å². The Morgan fingerprint density at radius 1 is 1.28 bits per heavy atom. The van der Waals surface area contributed by atoms with Crippen molar-refractivity contribution in [3.63, 3.8) is 0 Å². The number of aromatic amines is 1. The molecule has 1 heterocycles. The standard InChI is InChI=1S/C20H25F2N3O3S/c1-28-12-6-10(7-12)23-15-8-14-17(19(22)18(15)21)20(27)25-16(24-14)9-29-13-4-2-11(26)3-5-13/h8,10-13,23,26H,2-7,9H2,1H3,(H,24,25,27).